The monoisotopic (exact) mass is 259 g/mol. The Balaban J connectivity index is 2.36. The summed E-state index contributed by atoms with van der Waals surface area (Å²) in [7, 11) is 0. The van der Waals surface area contributed by atoms with E-state index in [0.29, 0.717) is 18.0 Å². The third-order valence-corrected chi connectivity index (χ3v) is 2.52. The Hall–Kier alpha value is -2.47. The molecule has 6 nitrogen and oxygen atoms in total. The first-order valence-electron chi connectivity index (χ1n) is 5.69. The molecular weight excluding hydrogens is 246 g/mol. The number of benzene rings is 1. The molecule has 0 fully saturated rings. The van der Waals surface area contributed by atoms with Crippen molar-refractivity contribution in [3.05, 3.63) is 57.8 Å². The maximum absolute atomic E-state index is 10.9. The van der Waals surface area contributed by atoms with Gasteiger partial charge in [-0.3, -0.25) is 10.1 Å². The van der Waals surface area contributed by atoms with Crippen LogP contribution in [0.1, 0.15) is 11.3 Å². The third-order valence-electron chi connectivity index (χ3n) is 2.52. The number of aromatic nitrogens is 1. The molecule has 0 bridgehead atoms. The number of ether oxygens (including phenoxy) is 1. The summed E-state index contributed by atoms with van der Waals surface area (Å²) < 4.78 is 5.49. The van der Waals surface area contributed by atoms with Crippen LogP contribution >= 0.6 is 0 Å². The minimum Gasteiger partial charge on any atom is -0.434 e. The van der Waals surface area contributed by atoms with Crippen molar-refractivity contribution in [2.24, 2.45) is 5.73 Å². The maximum Gasteiger partial charge on any atom is 0.331 e. The fourth-order valence-corrected chi connectivity index (χ4v) is 1.59. The molecule has 0 radical (unpaired) electrons. The predicted octanol–water partition coefficient (Wildman–Crippen LogP) is 2.55. The fourth-order valence-electron chi connectivity index (χ4n) is 1.59. The molecule has 98 valence electrons. The summed E-state index contributed by atoms with van der Waals surface area (Å²) in [5, 5.41) is 10.9. The molecule has 2 N–H and O–H groups in total. The summed E-state index contributed by atoms with van der Waals surface area (Å²) in [5.41, 5.74) is 6.90. The summed E-state index contributed by atoms with van der Waals surface area (Å²) >= 11 is 0. The first kappa shape index (κ1) is 13.0. The van der Waals surface area contributed by atoms with Crippen molar-refractivity contribution in [1.82, 2.24) is 4.98 Å². The zero-order valence-electron chi connectivity index (χ0n) is 10.4. The molecule has 2 rings (SSSR count). The van der Waals surface area contributed by atoms with Gasteiger partial charge in [-0.05, 0) is 30.7 Å². The van der Waals surface area contributed by atoms with Crippen molar-refractivity contribution in [2.45, 2.75) is 13.5 Å². The lowest BCUT2D eigenvalue weighted by molar-refractivity contribution is -0.386. The standard InChI is InChI=1S/C13H13N3O3/c1-9-5-6-12(16(17)18)13(15-9)19-11-4-2-3-10(7-11)8-14/h2-7H,8,14H2,1H3. The van der Waals surface area contributed by atoms with E-state index in [2.05, 4.69) is 4.98 Å². The number of rotatable bonds is 4. The zero-order valence-corrected chi connectivity index (χ0v) is 10.4. The van der Waals surface area contributed by atoms with E-state index in [1.807, 2.05) is 6.07 Å². The molecule has 0 aliphatic carbocycles. The number of nitrogens with zero attached hydrogens (tertiary/aromatic N) is 2. The summed E-state index contributed by atoms with van der Waals surface area (Å²) in [6.07, 6.45) is 0. The zero-order chi connectivity index (χ0) is 13.8. The van der Waals surface area contributed by atoms with Gasteiger partial charge in [0.15, 0.2) is 0 Å². The van der Waals surface area contributed by atoms with Crippen LogP contribution in [0.25, 0.3) is 0 Å². The molecular formula is C13H13N3O3. The number of nitrogens with two attached hydrogens (primary N) is 1. The highest BCUT2D eigenvalue weighted by Crippen LogP contribution is 2.29. The topological polar surface area (TPSA) is 91.3 Å². The molecule has 0 atom stereocenters. The number of hydrogen-bond donors (Lipinski definition) is 1. The van der Waals surface area contributed by atoms with Gasteiger partial charge in [-0.2, -0.15) is 0 Å². The van der Waals surface area contributed by atoms with Gasteiger partial charge >= 0.3 is 5.69 Å². The number of pyridine rings is 1. The second-order valence-electron chi connectivity index (χ2n) is 3.99. The summed E-state index contributed by atoms with van der Waals surface area (Å²) in [6, 6.07) is 10.0. The first-order chi connectivity index (χ1) is 9.10. The van der Waals surface area contributed by atoms with Crippen LogP contribution < -0.4 is 10.5 Å². The van der Waals surface area contributed by atoms with Crippen LogP contribution in [0.3, 0.4) is 0 Å². The van der Waals surface area contributed by atoms with E-state index in [1.54, 1.807) is 31.2 Å². The highest BCUT2D eigenvalue weighted by molar-refractivity contribution is 5.44. The van der Waals surface area contributed by atoms with E-state index in [-0.39, 0.29) is 11.6 Å². The molecule has 0 amide bonds. The van der Waals surface area contributed by atoms with Crippen molar-refractivity contribution in [3.63, 3.8) is 0 Å². The molecule has 0 spiro atoms. The molecule has 0 saturated carbocycles. The Kier molecular flexibility index (Phi) is 3.72. The van der Waals surface area contributed by atoms with Gasteiger partial charge in [-0.25, -0.2) is 4.98 Å². The number of hydrogen-bond acceptors (Lipinski definition) is 5. The summed E-state index contributed by atoms with van der Waals surface area (Å²) in [5.74, 6) is 0.461. The van der Waals surface area contributed by atoms with Gasteiger partial charge in [0.05, 0.1) is 4.92 Å². The minimum absolute atomic E-state index is 0.0147. The van der Waals surface area contributed by atoms with E-state index in [9.17, 15) is 10.1 Å². The van der Waals surface area contributed by atoms with Gasteiger partial charge in [0, 0.05) is 18.3 Å². The average Bonchev–Trinajstić information content (AvgIpc) is 2.38. The van der Waals surface area contributed by atoms with Gasteiger partial charge in [0.2, 0.25) is 0 Å². The lowest BCUT2D eigenvalue weighted by Gasteiger charge is -2.07. The lowest BCUT2D eigenvalue weighted by Crippen LogP contribution is -1.99. The predicted molar refractivity (Wildman–Crippen MR) is 70.0 cm³/mol. The van der Waals surface area contributed by atoms with Crippen LogP contribution in [0.4, 0.5) is 5.69 Å². The van der Waals surface area contributed by atoms with Crippen molar-refractivity contribution in [3.8, 4) is 11.6 Å². The molecule has 0 aliphatic heterocycles. The van der Waals surface area contributed by atoms with Crippen molar-refractivity contribution < 1.29 is 9.66 Å². The summed E-state index contributed by atoms with van der Waals surface area (Å²) in [6.45, 7) is 2.12. The number of nitro groups is 1. The largest absolute Gasteiger partial charge is 0.434 e. The van der Waals surface area contributed by atoms with Crippen molar-refractivity contribution in [1.29, 1.82) is 0 Å². The minimum atomic E-state index is -0.519. The van der Waals surface area contributed by atoms with Crippen LogP contribution in [-0.4, -0.2) is 9.91 Å². The molecule has 6 heteroatoms. The fraction of sp³-hybridized carbons (Fsp3) is 0.154. The van der Waals surface area contributed by atoms with Crippen LogP contribution in [-0.2, 0) is 6.54 Å². The Bertz CT molecular complexity index is 614. The Morgan fingerprint density at radius 1 is 1.37 bits per heavy atom. The molecule has 0 saturated heterocycles. The first-order valence-corrected chi connectivity index (χ1v) is 5.69. The Morgan fingerprint density at radius 2 is 2.16 bits per heavy atom. The van der Waals surface area contributed by atoms with Gasteiger partial charge in [0.25, 0.3) is 5.88 Å². The molecule has 1 aromatic heterocycles. The maximum atomic E-state index is 10.9. The van der Waals surface area contributed by atoms with Gasteiger partial charge in [0.1, 0.15) is 5.75 Å². The molecule has 0 aliphatic rings. The smallest absolute Gasteiger partial charge is 0.331 e. The third kappa shape index (κ3) is 3.05. The second kappa shape index (κ2) is 5.45. The van der Waals surface area contributed by atoms with E-state index in [0.717, 1.165) is 5.56 Å². The van der Waals surface area contributed by atoms with E-state index < -0.39 is 4.92 Å². The lowest BCUT2D eigenvalue weighted by atomic mass is 10.2. The SMILES string of the molecule is Cc1ccc([N+](=O)[O-])c(Oc2cccc(CN)c2)n1. The average molecular weight is 259 g/mol. The van der Waals surface area contributed by atoms with Gasteiger partial charge in [-0.15, -0.1) is 0 Å². The van der Waals surface area contributed by atoms with Crippen LogP contribution in [0.15, 0.2) is 36.4 Å². The molecule has 1 aromatic carbocycles. The van der Waals surface area contributed by atoms with Gasteiger partial charge in [-0.1, -0.05) is 12.1 Å². The Morgan fingerprint density at radius 3 is 2.84 bits per heavy atom. The Labute approximate surface area is 110 Å². The van der Waals surface area contributed by atoms with Gasteiger partial charge < -0.3 is 10.5 Å². The van der Waals surface area contributed by atoms with Crippen LogP contribution in [0, 0.1) is 17.0 Å². The van der Waals surface area contributed by atoms with E-state index >= 15 is 0 Å². The van der Waals surface area contributed by atoms with Crippen LogP contribution in [0.2, 0.25) is 0 Å². The van der Waals surface area contributed by atoms with Crippen molar-refractivity contribution in [2.75, 3.05) is 0 Å². The normalized spacial score (nSPS) is 10.2. The second-order valence-corrected chi connectivity index (χ2v) is 3.99. The van der Waals surface area contributed by atoms with E-state index in [1.165, 1.54) is 6.07 Å². The molecule has 0 unspecified atom stereocenters. The quantitative estimate of drug-likeness (QED) is 0.673. The highest BCUT2D eigenvalue weighted by Gasteiger charge is 2.17. The van der Waals surface area contributed by atoms with Crippen molar-refractivity contribution >= 4 is 5.69 Å². The molecule has 19 heavy (non-hydrogen) atoms. The number of aryl methyl sites for hydroxylation is 1. The van der Waals surface area contributed by atoms with Crippen LogP contribution in [0.5, 0.6) is 11.6 Å². The molecule has 1 heterocycles. The molecule has 2 aromatic rings. The van der Waals surface area contributed by atoms with E-state index in [4.69, 9.17) is 10.5 Å². The highest BCUT2D eigenvalue weighted by atomic mass is 16.6. The summed E-state index contributed by atoms with van der Waals surface area (Å²) in [4.78, 5) is 14.4.